The standard InChI is InChI=1S/C28H23N5O4/c1-17-7-8-27-31-23(15-33(27)32-17)26-12-22-24(10-21(34-2)11-25(22)37-26)36-16-18-5-4-6-19(9-18)20-13-29-28(35-3)30-14-20/h4-15H,16H2,1-3H3. The van der Waals surface area contributed by atoms with Gasteiger partial charge in [0.05, 0.1) is 31.5 Å². The summed E-state index contributed by atoms with van der Waals surface area (Å²) in [5.74, 6) is 1.91. The highest BCUT2D eigenvalue weighted by atomic mass is 16.5. The lowest BCUT2D eigenvalue weighted by Crippen LogP contribution is -1.97. The number of nitrogens with zero attached hydrogens (tertiary/aromatic N) is 5. The number of hydrogen-bond donors (Lipinski definition) is 0. The second-order valence-corrected chi connectivity index (χ2v) is 8.50. The number of methoxy groups -OCH3 is 2. The summed E-state index contributed by atoms with van der Waals surface area (Å²) in [5, 5.41) is 5.31. The summed E-state index contributed by atoms with van der Waals surface area (Å²) >= 11 is 0. The molecule has 0 saturated carbocycles. The van der Waals surface area contributed by atoms with E-state index < -0.39 is 0 Å². The van der Waals surface area contributed by atoms with E-state index in [1.54, 1.807) is 31.1 Å². The summed E-state index contributed by atoms with van der Waals surface area (Å²) in [5.41, 5.74) is 5.87. The molecule has 0 N–H and O–H groups in total. The fourth-order valence-electron chi connectivity index (χ4n) is 4.11. The SMILES string of the molecule is COc1cc(OCc2cccc(-c3cnc(OC)nc3)c2)c2cc(-c3cn4nc(C)ccc4n3)oc2c1. The summed E-state index contributed by atoms with van der Waals surface area (Å²) in [6.07, 6.45) is 5.33. The van der Waals surface area contributed by atoms with E-state index in [-0.39, 0.29) is 0 Å². The monoisotopic (exact) mass is 493 g/mol. The van der Waals surface area contributed by atoms with E-state index in [1.807, 2.05) is 61.7 Å². The number of aryl methyl sites for hydroxylation is 1. The number of furan rings is 1. The molecule has 0 spiro atoms. The van der Waals surface area contributed by atoms with Crippen LogP contribution in [0.5, 0.6) is 17.5 Å². The summed E-state index contributed by atoms with van der Waals surface area (Å²) in [6.45, 7) is 2.29. The summed E-state index contributed by atoms with van der Waals surface area (Å²) in [6, 6.07) is 17.9. The summed E-state index contributed by atoms with van der Waals surface area (Å²) in [4.78, 5) is 13.0. The molecule has 184 valence electrons. The third kappa shape index (κ3) is 4.42. The van der Waals surface area contributed by atoms with Crippen molar-refractivity contribution < 1.29 is 18.6 Å². The Kier molecular flexibility index (Phi) is 5.65. The molecule has 6 aromatic rings. The Bertz CT molecular complexity index is 1720. The van der Waals surface area contributed by atoms with Gasteiger partial charge in [0.15, 0.2) is 11.4 Å². The number of imidazole rings is 1. The van der Waals surface area contributed by atoms with E-state index in [1.165, 1.54) is 0 Å². The van der Waals surface area contributed by atoms with Crippen molar-refractivity contribution in [3.8, 4) is 40.1 Å². The zero-order chi connectivity index (χ0) is 25.4. The van der Waals surface area contributed by atoms with Gasteiger partial charge in [0, 0.05) is 30.1 Å². The van der Waals surface area contributed by atoms with E-state index in [4.69, 9.17) is 18.6 Å². The first kappa shape index (κ1) is 22.5. The van der Waals surface area contributed by atoms with E-state index in [0.717, 1.165) is 33.4 Å². The normalized spacial score (nSPS) is 11.2. The molecule has 0 radical (unpaired) electrons. The Morgan fingerprint density at radius 3 is 2.59 bits per heavy atom. The Hall–Kier alpha value is -4.92. The van der Waals surface area contributed by atoms with Gasteiger partial charge in [-0.25, -0.2) is 19.5 Å². The minimum absolute atomic E-state index is 0.333. The number of rotatable bonds is 7. The lowest BCUT2D eigenvalue weighted by atomic mass is 10.1. The number of ether oxygens (including phenoxy) is 3. The fourth-order valence-corrected chi connectivity index (χ4v) is 4.11. The average molecular weight is 494 g/mol. The molecule has 4 aromatic heterocycles. The second-order valence-electron chi connectivity index (χ2n) is 8.50. The molecule has 9 heteroatoms. The van der Waals surface area contributed by atoms with Crippen LogP contribution >= 0.6 is 0 Å². The highest BCUT2D eigenvalue weighted by Gasteiger charge is 2.16. The van der Waals surface area contributed by atoms with Crippen molar-refractivity contribution in [1.29, 1.82) is 0 Å². The van der Waals surface area contributed by atoms with Gasteiger partial charge in [-0.2, -0.15) is 5.10 Å². The summed E-state index contributed by atoms with van der Waals surface area (Å²) < 4.78 is 24.7. The van der Waals surface area contributed by atoms with Crippen LogP contribution in [0.4, 0.5) is 0 Å². The Labute approximate surface area is 212 Å². The zero-order valence-electron chi connectivity index (χ0n) is 20.5. The Balaban J connectivity index is 1.30. The van der Waals surface area contributed by atoms with Gasteiger partial charge in [0.25, 0.3) is 0 Å². The Morgan fingerprint density at radius 1 is 0.919 bits per heavy atom. The molecular weight excluding hydrogens is 470 g/mol. The van der Waals surface area contributed by atoms with Crippen LogP contribution in [0.1, 0.15) is 11.3 Å². The number of aromatic nitrogens is 5. The highest BCUT2D eigenvalue weighted by Crippen LogP contribution is 2.37. The van der Waals surface area contributed by atoms with Gasteiger partial charge in [0.1, 0.15) is 29.4 Å². The maximum absolute atomic E-state index is 6.27. The minimum atomic E-state index is 0.333. The molecule has 0 aliphatic rings. The Morgan fingerprint density at radius 2 is 1.78 bits per heavy atom. The van der Waals surface area contributed by atoms with Crippen LogP contribution in [0, 0.1) is 6.92 Å². The number of fused-ring (bicyclic) bond motifs is 2. The van der Waals surface area contributed by atoms with E-state index in [2.05, 4.69) is 26.1 Å². The largest absolute Gasteiger partial charge is 0.496 e. The smallest absolute Gasteiger partial charge is 0.316 e. The van der Waals surface area contributed by atoms with Crippen molar-refractivity contribution in [2.45, 2.75) is 13.5 Å². The van der Waals surface area contributed by atoms with Crippen molar-refractivity contribution in [2.75, 3.05) is 14.2 Å². The van der Waals surface area contributed by atoms with Crippen molar-refractivity contribution >= 4 is 16.6 Å². The van der Waals surface area contributed by atoms with E-state index in [0.29, 0.717) is 41.2 Å². The molecule has 0 aliphatic carbocycles. The fraction of sp³-hybridized carbons (Fsp3) is 0.143. The first-order valence-electron chi connectivity index (χ1n) is 11.6. The number of benzene rings is 2. The van der Waals surface area contributed by atoms with Crippen molar-refractivity contribution in [3.63, 3.8) is 0 Å². The van der Waals surface area contributed by atoms with Crippen LogP contribution in [0.2, 0.25) is 0 Å². The van der Waals surface area contributed by atoms with Gasteiger partial charge >= 0.3 is 6.01 Å². The molecule has 0 bridgehead atoms. The maximum Gasteiger partial charge on any atom is 0.316 e. The van der Waals surface area contributed by atoms with Crippen LogP contribution < -0.4 is 14.2 Å². The van der Waals surface area contributed by atoms with Gasteiger partial charge in [-0.15, -0.1) is 0 Å². The quantitative estimate of drug-likeness (QED) is 0.287. The molecule has 6 rings (SSSR count). The topological polar surface area (TPSA) is 96.8 Å². The molecule has 9 nitrogen and oxygen atoms in total. The van der Waals surface area contributed by atoms with Gasteiger partial charge in [-0.1, -0.05) is 18.2 Å². The van der Waals surface area contributed by atoms with Crippen LogP contribution in [0.25, 0.3) is 39.2 Å². The van der Waals surface area contributed by atoms with Crippen molar-refractivity contribution in [3.05, 3.63) is 84.4 Å². The van der Waals surface area contributed by atoms with Crippen molar-refractivity contribution in [2.24, 2.45) is 0 Å². The molecule has 2 aromatic carbocycles. The molecule has 0 saturated heterocycles. The van der Waals surface area contributed by atoms with E-state index in [9.17, 15) is 0 Å². The zero-order valence-corrected chi connectivity index (χ0v) is 20.5. The second kappa shape index (κ2) is 9.27. The first-order valence-corrected chi connectivity index (χ1v) is 11.6. The third-order valence-corrected chi connectivity index (χ3v) is 5.98. The third-order valence-electron chi connectivity index (χ3n) is 5.98. The molecule has 0 fully saturated rings. The molecule has 0 unspecified atom stereocenters. The molecule has 37 heavy (non-hydrogen) atoms. The van der Waals surface area contributed by atoms with Gasteiger partial charge in [-0.05, 0) is 42.3 Å². The minimum Gasteiger partial charge on any atom is -0.496 e. The lowest BCUT2D eigenvalue weighted by molar-refractivity contribution is 0.307. The van der Waals surface area contributed by atoms with Crippen LogP contribution in [0.3, 0.4) is 0 Å². The molecule has 4 heterocycles. The van der Waals surface area contributed by atoms with Crippen molar-refractivity contribution in [1.82, 2.24) is 24.6 Å². The van der Waals surface area contributed by atoms with Crippen LogP contribution in [-0.2, 0) is 6.61 Å². The molecule has 0 amide bonds. The highest BCUT2D eigenvalue weighted by molar-refractivity contribution is 5.89. The van der Waals surface area contributed by atoms with Crippen LogP contribution in [0.15, 0.2) is 77.6 Å². The van der Waals surface area contributed by atoms with Crippen LogP contribution in [-0.4, -0.2) is 38.8 Å². The van der Waals surface area contributed by atoms with Gasteiger partial charge in [-0.3, -0.25) is 0 Å². The maximum atomic E-state index is 6.27. The van der Waals surface area contributed by atoms with E-state index >= 15 is 0 Å². The predicted molar refractivity (Wildman–Crippen MR) is 138 cm³/mol. The molecule has 0 atom stereocenters. The lowest BCUT2D eigenvalue weighted by Gasteiger charge is -2.10. The average Bonchev–Trinajstić information content (AvgIpc) is 3.56. The van der Waals surface area contributed by atoms with Gasteiger partial charge in [0.2, 0.25) is 0 Å². The predicted octanol–water partition coefficient (Wildman–Crippen LogP) is 5.50. The molecular formula is C28H23N5O4. The van der Waals surface area contributed by atoms with Gasteiger partial charge < -0.3 is 18.6 Å². The number of hydrogen-bond acceptors (Lipinski definition) is 8. The molecule has 0 aliphatic heterocycles. The summed E-state index contributed by atoms with van der Waals surface area (Å²) in [7, 11) is 3.16. The first-order chi connectivity index (χ1) is 18.1.